The molecule has 0 saturated carbocycles. The molecule has 0 radical (unpaired) electrons. The Hall–Kier alpha value is -2.33. The van der Waals surface area contributed by atoms with Crippen LogP contribution in [0.5, 0.6) is 0 Å². The highest BCUT2D eigenvalue weighted by molar-refractivity contribution is 8.00. The highest BCUT2D eigenvalue weighted by atomic mass is 32.2. The van der Waals surface area contributed by atoms with Gasteiger partial charge in [0.15, 0.2) is 0 Å². The van der Waals surface area contributed by atoms with Crippen LogP contribution in [0.3, 0.4) is 0 Å². The molecule has 0 aliphatic heterocycles. The molecule has 2 aromatic carbocycles. The van der Waals surface area contributed by atoms with E-state index in [1.54, 1.807) is 0 Å². The molecule has 0 aliphatic rings. The van der Waals surface area contributed by atoms with E-state index in [1.165, 1.54) is 39.4 Å². The second kappa shape index (κ2) is 8.13. The number of pyridine rings is 1. The average molecular weight is 379 g/mol. The van der Waals surface area contributed by atoms with Gasteiger partial charge in [-0.25, -0.2) is 4.98 Å². The van der Waals surface area contributed by atoms with Gasteiger partial charge in [0.2, 0.25) is 5.91 Å². The van der Waals surface area contributed by atoms with Gasteiger partial charge in [-0.3, -0.25) is 4.79 Å². The molecule has 3 nitrogen and oxygen atoms in total. The van der Waals surface area contributed by atoms with Crippen molar-refractivity contribution in [3.8, 4) is 0 Å². The van der Waals surface area contributed by atoms with Crippen LogP contribution in [-0.4, -0.2) is 16.1 Å². The Morgan fingerprint density at radius 2 is 1.70 bits per heavy atom. The Morgan fingerprint density at radius 3 is 2.37 bits per heavy atom. The lowest BCUT2D eigenvalue weighted by molar-refractivity contribution is -0.115. The van der Waals surface area contributed by atoms with E-state index in [1.807, 2.05) is 38.1 Å². The van der Waals surface area contributed by atoms with Crippen molar-refractivity contribution in [3.63, 3.8) is 0 Å². The third-order valence-electron chi connectivity index (χ3n) is 4.68. The number of aromatic nitrogens is 1. The fourth-order valence-electron chi connectivity index (χ4n) is 3.20. The molecule has 1 aromatic heterocycles. The van der Waals surface area contributed by atoms with Gasteiger partial charge in [0.05, 0.1) is 15.8 Å². The van der Waals surface area contributed by atoms with Crippen LogP contribution in [0, 0.1) is 27.7 Å². The van der Waals surface area contributed by atoms with Gasteiger partial charge in [-0.2, -0.15) is 0 Å². The summed E-state index contributed by atoms with van der Waals surface area (Å²) >= 11 is 1.54. The molecule has 1 amide bonds. The molecular formula is C23H26N2OS. The lowest BCUT2D eigenvalue weighted by Gasteiger charge is -2.16. The van der Waals surface area contributed by atoms with Crippen LogP contribution >= 0.6 is 11.8 Å². The summed E-state index contributed by atoms with van der Waals surface area (Å²) in [5, 5.41) is 4.93. The van der Waals surface area contributed by atoms with Gasteiger partial charge in [-0.1, -0.05) is 48.0 Å². The molecule has 3 rings (SSSR count). The number of fused-ring (bicyclic) bond motifs is 1. The summed E-state index contributed by atoms with van der Waals surface area (Å²) in [7, 11) is 0. The van der Waals surface area contributed by atoms with Gasteiger partial charge in [0.1, 0.15) is 0 Å². The maximum Gasteiger partial charge on any atom is 0.237 e. The van der Waals surface area contributed by atoms with Gasteiger partial charge in [0, 0.05) is 11.1 Å². The maximum absolute atomic E-state index is 12.7. The molecule has 0 saturated heterocycles. The topological polar surface area (TPSA) is 42.0 Å². The van der Waals surface area contributed by atoms with E-state index in [0.29, 0.717) is 0 Å². The number of nitrogens with zero attached hydrogens (tertiary/aromatic N) is 1. The van der Waals surface area contributed by atoms with Crippen LogP contribution in [0.4, 0.5) is 5.69 Å². The van der Waals surface area contributed by atoms with E-state index >= 15 is 0 Å². The minimum absolute atomic E-state index is 0.0199. The van der Waals surface area contributed by atoms with Crippen LogP contribution in [0.15, 0.2) is 47.5 Å². The van der Waals surface area contributed by atoms with Crippen molar-refractivity contribution in [3.05, 3.63) is 64.7 Å². The maximum atomic E-state index is 12.7. The lowest BCUT2D eigenvalue weighted by Crippen LogP contribution is -2.24. The molecule has 4 heteroatoms. The molecule has 1 heterocycles. The predicted octanol–water partition coefficient (Wildman–Crippen LogP) is 5.98. The minimum Gasteiger partial charge on any atom is -0.325 e. The molecule has 0 bridgehead atoms. The van der Waals surface area contributed by atoms with Gasteiger partial charge < -0.3 is 5.32 Å². The largest absolute Gasteiger partial charge is 0.325 e. The van der Waals surface area contributed by atoms with Crippen molar-refractivity contribution in [2.24, 2.45) is 0 Å². The average Bonchev–Trinajstić information content (AvgIpc) is 2.62. The van der Waals surface area contributed by atoms with Crippen LogP contribution < -0.4 is 5.32 Å². The van der Waals surface area contributed by atoms with E-state index in [0.717, 1.165) is 22.7 Å². The Morgan fingerprint density at radius 1 is 1.00 bits per heavy atom. The Kier molecular flexibility index (Phi) is 5.85. The summed E-state index contributed by atoms with van der Waals surface area (Å²) in [5.41, 5.74) is 6.65. The van der Waals surface area contributed by atoms with Crippen LogP contribution in [0.25, 0.3) is 10.9 Å². The summed E-state index contributed by atoms with van der Waals surface area (Å²) < 4.78 is 0. The lowest BCUT2D eigenvalue weighted by atomic mass is 10.0. The number of carbonyl (C=O) groups is 1. The Balaban J connectivity index is 1.83. The van der Waals surface area contributed by atoms with Crippen molar-refractivity contribution >= 4 is 34.3 Å². The highest BCUT2D eigenvalue weighted by Gasteiger charge is 2.19. The number of aryl methyl sites for hydroxylation is 4. The van der Waals surface area contributed by atoms with Crippen molar-refractivity contribution in [2.45, 2.75) is 51.3 Å². The molecule has 3 aromatic rings. The molecule has 1 unspecified atom stereocenters. The first kappa shape index (κ1) is 19.4. The number of thioether (sulfide) groups is 1. The number of benzene rings is 2. The second-order valence-corrected chi connectivity index (χ2v) is 8.35. The zero-order valence-corrected chi connectivity index (χ0v) is 17.4. The van der Waals surface area contributed by atoms with Crippen LogP contribution in [0.2, 0.25) is 0 Å². The SMILES string of the molecule is CCC(Sc1cc(C)c2cc(C)cc(C)c2n1)C(=O)Nc1ccc(C)cc1. The quantitative estimate of drug-likeness (QED) is 0.556. The van der Waals surface area contributed by atoms with Crippen molar-refractivity contribution in [1.82, 2.24) is 4.98 Å². The molecule has 0 spiro atoms. The normalized spacial score (nSPS) is 12.2. The first-order valence-corrected chi connectivity index (χ1v) is 10.2. The van der Waals surface area contributed by atoms with Gasteiger partial charge in [0.25, 0.3) is 0 Å². The van der Waals surface area contributed by atoms with E-state index in [9.17, 15) is 4.79 Å². The standard InChI is InChI=1S/C23H26N2OS/c1-6-20(23(26)24-18-9-7-14(2)8-10-18)27-21-13-16(4)19-12-15(3)11-17(5)22(19)25-21/h7-13,20H,6H2,1-5H3,(H,24,26). The van der Waals surface area contributed by atoms with E-state index in [2.05, 4.69) is 44.3 Å². The van der Waals surface area contributed by atoms with E-state index in [-0.39, 0.29) is 11.2 Å². The Bertz CT molecular complexity index is 980. The summed E-state index contributed by atoms with van der Waals surface area (Å²) in [6.45, 7) is 10.4. The fourth-order valence-corrected chi connectivity index (χ4v) is 4.22. The monoisotopic (exact) mass is 378 g/mol. The third kappa shape index (κ3) is 4.51. The van der Waals surface area contributed by atoms with Crippen LogP contribution in [0.1, 0.15) is 35.6 Å². The minimum atomic E-state index is -0.179. The van der Waals surface area contributed by atoms with Crippen molar-refractivity contribution < 1.29 is 4.79 Å². The smallest absolute Gasteiger partial charge is 0.237 e. The van der Waals surface area contributed by atoms with Gasteiger partial charge in [-0.15, -0.1) is 0 Å². The van der Waals surface area contributed by atoms with Crippen molar-refractivity contribution in [2.75, 3.05) is 5.32 Å². The molecular weight excluding hydrogens is 352 g/mol. The number of anilines is 1. The van der Waals surface area contributed by atoms with E-state index < -0.39 is 0 Å². The summed E-state index contributed by atoms with van der Waals surface area (Å²) in [5.74, 6) is 0.0199. The summed E-state index contributed by atoms with van der Waals surface area (Å²) in [4.78, 5) is 17.6. The zero-order chi connectivity index (χ0) is 19.6. The van der Waals surface area contributed by atoms with Crippen molar-refractivity contribution in [1.29, 1.82) is 0 Å². The van der Waals surface area contributed by atoms with Gasteiger partial charge in [-0.05, 0) is 69.5 Å². The number of nitrogens with one attached hydrogen (secondary N) is 1. The Labute approximate surface area is 165 Å². The van der Waals surface area contributed by atoms with E-state index in [4.69, 9.17) is 4.98 Å². The van der Waals surface area contributed by atoms with Gasteiger partial charge >= 0.3 is 0 Å². The predicted molar refractivity (Wildman–Crippen MR) is 116 cm³/mol. The number of hydrogen-bond acceptors (Lipinski definition) is 3. The molecule has 27 heavy (non-hydrogen) atoms. The molecule has 1 atom stereocenters. The molecule has 0 aliphatic carbocycles. The first-order chi connectivity index (χ1) is 12.9. The zero-order valence-electron chi connectivity index (χ0n) is 16.6. The fraction of sp³-hybridized carbons (Fsp3) is 0.304. The second-order valence-electron chi connectivity index (χ2n) is 7.13. The first-order valence-electron chi connectivity index (χ1n) is 9.30. The summed E-state index contributed by atoms with van der Waals surface area (Å²) in [6, 6.07) is 14.3. The molecule has 1 N–H and O–H groups in total. The summed E-state index contributed by atoms with van der Waals surface area (Å²) in [6.07, 6.45) is 0.744. The number of hydrogen-bond donors (Lipinski definition) is 1. The number of rotatable bonds is 5. The third-order valence-corrected chi connectivity index (χ3v) is 5.96. The van der Waals surface area contributed by atoms with Crippen LogP contribution in [-0.2, 0) is 4.79 Å². The molecule has 0 fully saturated rings. The molecule has 140 valence electrons. The number of amides is 1. The highest BCUT2D eigenvalue weighted by Crippen LogP contribution is 2.30. The number of carbonyl (C=O) groups excluding carboxylic acids is 1.